The quantitative estimate of drug-likeness (QED) is 0.0882. The number of nitrogens with one attached hydrogen (secondary N) is 2. The van der Waals surface area contributed by atoms with E-state index in [0.717, 1.165) is 68.5 Å². The van der Waals surface area contributed by atoms with Gasteiger partial charge in [0.1, 0.15) is 22.6 Å². The monoisotopic (exact) mass is 1320 g/mol. The van der Waals surface area contributed by atoms with Crippen LogP contribution in [0.25, 0.3) is 11.3 Å². The second-order valence-corrected chi connectivity index (χ2v) is 28.0. The zero-order valence-corrected chi connectivity index (χ0v) is 53.6. The number of piperidine rings is 2. The van der Waals surface area contributed by atoms with Crippen LogP contribution in [-0.4, -0.2) is 179 Å². The van der Waals surface area contributed by atoms with Crippen molar-refractivity contribution in [3.05, 3.63) is 98.4 Å². The van der Waals surface area contributed by atoms with Gasteiger partial charge >= 0.3 is 0 Å². The maximum absolute atomic E-state index is 14.0. The lowest BCUT2D eigenvalue weighted by Gasteiger charge is -2.39. The number of anilines is 5. The van der Waals surface area contributed by atoms with Crippen LogP contribution in [0.5, 0.6) is 0 Å². The Morgan fingerprint density at radius 2 is 0.966 bits per heavy atom. The third-order valence-electron chi connectivity index (χ3n) is 15.8. The maximum atomic E-state index is 14.0. The summed E-state index contributed by atoms with van der Waals surface area (Å²) in [5.41, 5.74) is 3.42. The summed E-state index contributed by atoms with van der Waals surface area (Å²) in [5.74, 6) is 1.84. The number of aliphatic hydroxyl groups is 2. The summed E-state index contributed by atoms with van der Waals surface area (Å²) < 4.78 is 68.3. The molecule has 2 aromatic carbocycles. The standard InChI is InChI=1S/C28H36ClN7O5S.C25H30Cl2N6O4S.C4H8O.CH4.ClH/c1-17-13-34(14-18(2)41-17)27-12-25(33-15-20(37)16-33)30-26-11-23(31-36(26)27)24-6-4-5-9-35(24)28(38)21-10-19(29)7-8-22(21)32-42(3,39)40;1-15-13-31(14-16(2)37-15)24-12-22(27)28-23-11-20(29-33(23)24)21-6-4-5-9-32(21)25(34)18-10-17(26)7-8-19(18)30-38(3,35)36;5-4-2-1-3-4;;/h7-8,10-12,17-18,20,24,32,37H,4-6,9,13-16H2,1-3H3;7-8,10-12,15-16,21,30H,4-6,9,13-14H2,1-3H3;4-5H,1-3H2;1H4;1H/t17-,18+,24-;15-,16+,21-;;;/m00.../s1. The molecule has 29 heteroatoms. The van der Waals surface area contributed by atoms with Crippen molar-refractivity contribution in [2.24, 2.45) is 0 Å². The Bertz CT molecular complexity index is 3650. The van der Waals surface area contributed by atoms with E-state index in [0.29, 0.717) is 103 Å². The molecule has 0 spiro atoms. The highest BCUT2D eigenvalue weighted by atomic mass is 35.5. The van der Waals surface area contributed by atoms with Crippen LogP contribution >= 0.6 is 47.2 Å². The van der Waals surface area contributed by atoms with E-state index in [1.807, 2.05) is 41.5 Å². The lowest BCUT2D eigenvalue weighted by atomic mass is 9.97. The molecule has 6 fully saturated rings. The number of hydrogen-bond acceptors (Lipinski definition) is 17. The number of benzene rings is 2. The van der Waals surface area contributed by atoms with Crippen molar-refractivity contribution in [2.75, 3.05) is 89.0 Å². The van der Waals surface area contributed by atoms with Crippen LogP contribution in [0, 0.1) is 0 Å². The number of β-amino-alcohol motifs (C(OH)–C–C–N with tert-alkyl or cyclic N) is 1. The number of nitrogens with zero attached hydrogens (tertiary/aromatic N) is 11. The van der Waals surface area contributed by atoms with E-state index < -0.39 is 20.0 Å². The largest absolute Gasteiger partial charge is 0.393 e. The fraction of sp³-hybridized carbons (Fsp3) is 0.552. The highest BCUT2D eigenvalue weighted by Gasteiger charge is 2.37. The van der Waals surface area contributed by atoms with Crippen LogP contribution in [0.3, 0.4) is 0 Å². The topological polar surface area (TPSA) is 262 Å². The van der Waals surface area contributed by atoms with Crippen molar-refractivity contribution in [1.82, 2.24) is 39.0 Å². The van der Waals surface area contributed by atoms with E-state index in [2.05, 4.69) is 38.1 Å². The maximum Gasteiger partial charge on any atom is 0.256 e. The Labute approximate surface area is 530 Å². The van der Waals surface area contributed by atoms with Crippen molar-refractivity contribution in [1.29, 1.82) is 0 Å². The summed E-state index contributed by atoms with van der Waals surface area (Å²) in [7, 11) is -7.22. The first-order chi connectivity index (χ1) is 40.3. The van der Waals surface area contributed by atoms with Crippen LogP contribution in [0.1, 0.15) is 137 Å². The Kier molecular flexibility index (Phi) is 21.8. The summed E-state index contributed by atoms with van der Waals surface area (Å²) in [5, 5.41) is 29.3. The second kappa shape index (κ2) is 28.1. The van der Waals surface area contributed by atoms with Crippen molar-refractivity contribution in [3.63, 3.8) is 0 Å². The predicted molar refractivity (Wildman–Crippen MR) is 343 cm³/mol. The molecule has 1 aliphatic carbocycles. The number of aromatic nitrogens is 6. The lowest BCUT2D eigenvalue weighted by Crippen LogP contribution is -2.51. The predicted octanol–water partition coefficient (Wildman–Crippen LogP) is 8.89. The van der Waals surface area contributed by atoms with Gasteiger partial charge in [0.05, 0.1) is 95.1 Å². The summed E-state index contributed by atoms with van der Waals surface area (Å²) in [6.07, 6.45) is 10.2. The average molecular weight is 1320 g/mol. The molecule has 9 heterocycles. The molecule has 6 aliphatic rings. The van der Waals surface area contributed by atoms with Gasteiger partial charge in [0, 0.05) is 86.7 Å². The fourth-order valence-corrected chi connectivity index (χ4v) is 13.5. The van der Waals surface area contributed by atoms with Crippen molar-refractivity contribution in [3.8, 4) is 0 Å². The molecule has 0 bridgehead atoms. The summed E-state index contributed by atoms with van der Waals surface area (Å²) in [4.78, 5) is 47.2. The minimum Gasteiger partial charge on any atom is -0.393 e. The number of carbonyl (C=O) groups is 2. The lowest BCUT2D eigenvalue weighted by molar-refractivity contribution is -0.00584. The van der Waals surface area contributed by atoms with Crippen molar-refractivity contribution in [2.45, 2.75) is 142 Å². The third kappa shape index (κ3) is 16.3. The number of amides is 2. The minimum atomic E-state index is -3.62. The van der Waals surface area contributed by atoms with E-state index in [1.54, 1.807) is 32.5 Å². The first-order valence-corrected chi connectivity index (χ1v) is 33.8. The van der Waals surface area contributed by atoms with Crippen molar-refractivity contribution < 1.29 is 46.1 Å². The molecule has 23 nitrogen and oxygen atoms in total. The molecule has 2 amide bonds. The number of fused-ring (bicyclic) bond motifs is 2. The van der Waals surface area contributed by atoms with Crippen LogP contribution in [0.4, 0.5) is 28.8 Å². The molecule has 12 rings (SSSR count). The smallest absolute Gasteiger partial charge is 0.256 e. The highest BCUT2D eigenvalue weighted by molar-refractivity contribution is 7.92. The first kappa shape index (κ1) is 67.5. The van der Waals surface area contributed by atoms with Crippen LogP contribution < -0.4 is 24.1 Å². The SMILES string of the molecule is C.C[C@@H]1CN(c2cc(Cl)nc3cc([C@@H]4CCCCN4C(=O)c4cc(Cl)ccc4NS(C)(=O)=O)nn23)C[C@H](C)O1.C[C@@H]1CN(c2cc(N3CC(O)C3)nc3cc([C@@H]4CCCCN4C(=O)c4cc(Cl)ccc4NS(C)(=O)=O)nn23)C[C@H](C)O1.Cl.OC1CCC1. The summed E-state index contributed by atoms with van der Waals surface area (Å²) in [6, 6.07) is 16.1. The molecule has 6 aromatic rings. The fourth-order valence-electron chi connectivity index (χ4n) is 11.8. The molecule has 6 atom stereocenters. The average Bonchev–Trinajstić information content (AvgIpc) is 2.22. The molecule has 1 saturated carbocycles. The van der Waals surface area contributed by atoms with Gasteiger partial charge < -0.3 is 44.2 Å². The minimum absolute atomic E-state index is 0. The number of rotatable bonds is 11. The summed E-state index contributed by atoms with van der Waals surface area (Å²) >= 11 is 18.9. The molecule has 0 radical (unpaired) electrons. The Hall–Kier alpha value is -5.48. The molecule has 5 saturated heterocycles. The number of likely N-dealkylation sites (tertiary alicyclic amines) is 2. The van der Waals surface area contributed by atoms with Crippen LogP contribution in [-0.2, 0) is 29.5 Å². The first-order valence-electron chi connectivity index (χ1n) is 28.9. The normalized spacial score (nSPS) is 22.8. The number of morpholine rings is 2. The van der Waals surface area contributed by atoms with Crippen LogP contribution in [0.2, 0.25) is 15.2 Å². The van der Waals surface area contributed by atoms with E-state index in [-0.39, 0.29) is 103 Å². The number of sulfonamides is 2. The molecular formula is C58H79Cl4N13O10S2. The molecule has 5 aliphatic heterocycles. The van der Waals surface area contributed by atoms with Gasteiger partial charge in [-0.15, -0.1) is 12.4 Å². The zero-order valence-electron chi connectivity index (χ0n) is 48.9. The molecule has 476 valence electrons. The number of hydrogen-bond donors (Lipinski definition) is 4. The zero-order chi connectivity index (χ0) is 60.6. The number of aliphatic hydroxyl groups excluding tert-OH is 2. The Balaban J connectivity index is 0.000000205. The van der Waals surface area contributed by atoms with Gasteiger partial charge in [-0.2, -0.15) is 19.2 Å². The van der Waals surface area contributed by atoms with Gasteiger partial charge in [0.2, 0.25) is 20.0 Å². The molecule has 87 heavy (non-hydrogen) atoms. The van der Waals surface area contributed by atoms with E-state index in [4.69, 9.17) is 64.6 Å². The van der Waals surface area contributed by atoms with E-state index in [1.165, 1.54) is 30.7 Å². The number of carbonyl (C=O) groups excluding carboxylic acids is 2. The molecule has 0 unspecified atom stereocenters. The molecule has 4 N–H and O–H groups in total. The third-order valence-corrected chi connectivity index (χ3v) is 17.6. The van der Waals surface area contributed by atoms with Gasteiger partial charge in [-0.05, 0) is 122 Å². The van der Waals surface area contributed by atoms with E-state index in [9.17, 15) is 31.5 Å². The van der Waals surface area contributed by atoms with Gasteiger partial charge in [-0.25, -0.2) is 26.8 Å². The Morgan fingerprint density at radius 1 is 0.552 bits per heavy atom. The number of halogens is 4. The number of ether oxygens (including phenoxy) is 2. The van der Waals surface area contributed by atoms with Gasteiger partial charge in [0.15, 0.2) is 11.3 Å². The van der Waals surface area contributed by atoms with Gasteiger partial charge in [-0.3, -0.25) is 19.0 Å². The second-order valence-electron chi connectivity index (χ2n) is 23.2. The molecular weight excluding hydrogens is 1240 g/mol. The summed E-state index contributed by atoms with van der Waals surface area (Å²) in [6.45, 7) is 13.0. The van der Waals surface area contributed by atoms with Gasteiger partial charge in [0.25, 0.3) is 11.8 Å². The van der Waals surface area contributed by atoms with Crippen LogP contribution in [0.15, 0.2) is 60.7 Å². The van der Waals surface area contributed by atoms with Gasteiger partial charge in [-0.1, -0.05) is 42.2 Å². The highest BCUT2D eigenvalue weighted by Crippen LogP contribution is 2.38. The van der Waals surface area contributed by atoms with Crippen molar-refractivity contribution >= 4 is 119 Å². The Morgan fingerprint density at radius 3 is 1.36 bits per heavy atom. The molecule has 4 aromatic heterocycles. The van der Waals surface area contributed by atoms with E-state index >= 15 is 0 Å².